The number of carbonyl (C=O) groups excluding carboxylic acids is 1. The SMILES string of the molecule is O=C(O)C1CC=CCC1C(=O)NCCN1CCSCC1. The summed E-state index contributed by atoms with van der Waals surface area (Å²) in [5.74, 6) is 0.321. The molecule has 0 radical (unpaired) electrons. The summed E-state index contributed by atoms with van der Waals surface area (Å²) in [6, 6.07) is 0. The fourth-order valence-electron chi connectivity index (χ4n) is 2.67. The lowest BCUT2D eigenvalue weighted by Gasteiger charge is -2.27. The highest BCUT2D eigenvalue weighted by Crippen LogP contribution is 2.25. The molecule has 2 unspecified atom stereocenters. The van der Waals surface area contributed by atoms with Crippen molar-refractivity contribution in [2.75, 3.05) is 37.7 Å². The number of carbonyl (C=O) groups is 2. The molecule has 1 amide bonds. The molecule has 0 aromatic rings. The number of aliphatic carboxylic acids is 1. The minimum absolute atomic E-state index is 0.117. The maximum absolute atomic E-state index is 12.1. The van der Waals surface area contributed by atoms with Gasteiger partial charge in [0, 0.05) is 37.7 Å². The average molecular weight is 298 g/mol. The first-order chi connectivity index (χ1) is 9.68. The highest BCUT2D eigenvalue weighted by molar-refractivity contribution is 7.99. The Bertz CT molecular complexity index is 381. The quantitative estimate of drug-likeness (QED) is 0.735. The number of allylic oxidation sites excluding steroid dienone is 2. The van der Waals surface area contributed by atoms with Crippen molar-refractivity contribution in [2.24, 2.45) is 11.8 Å². The summed E-state index contributed by atoms with van der Waals surface area (Å²) in [6.07, 6.45) is 4.75. The van der Waals surface area contributed by atoms with Crippen LogP contribution in [0.15, 0.2) is 12.2 Å². The molecule has 2 N–H and O–H groups in total. The summed E-state index contributed by atoms with van der Waals surface area (Å²) in [4.78, 5) is 25.6. The lowest BCUT2D eigenvalue weighted by atomic mass is 9.82. The zero-order valence-corrected chi connectivity index (χ0v) is 12.4. The number of hydrogen-bond acceptors (Lipinski definition) is 4. The summed E-state index contributed by atoms with van der Waals surface area (Å²) in [5, 5.41) is 12.1. The van der Waals surface area contributed by atoms with Gasteiger partial charge in [-0.15, -0.1) is 0 Å². The van der Waals surface area contributed by atoms with Gasteiger partial charge < -0.3 is 10.4 Å². The molecule has 1 aliphatic heterocycles. The Labute approximate surface area is 123 Å². The van der Waals surface area contributed by atoms with E-state index in [0.29, 0.717) is 19.4 Å². The van der Waals surface area contributed by atoms with E-state index in [1.807, 2.05) is 23.9 Å². The van der Waals surface area contributed by atoms with Gasteiger partial charge in [-0.25, -0.2) is 0 Å². The van der Waals surface area contributed by atoms with E-state index in [1.54, 1.807) is 0 Å². The second-order valence-electron chi connectivity index (χ2n) is 5.24. The predicted octanol–water partition coefficient (Wildman–Crippen LogP) is 0.818. The van der Waals surface area contributed by atoms with Crippen LogP contribution in [0.3, 0.4) is 0 Å². The number of rotatable bonds is 5. The fraction of sp³-hybridized carbons (Fsp3) is 0.714. The van der Waals surface area contributed by atoms with Gasteiger partial charge >= 0.3 is 5.97 Å². The maximum Gasteiger partial charge on any atom is 0.307 e. The smallest absolute Gasteiger partial charge is 0.307 e. The van der Waals surface area contributed by atoms with E-state index in [9.17, 15) is 9.59 Å². The van der Waals surface area contributed by atoms with E-state index in [-0.39, 0.29) is 5.91 Å². The molecule has 0 aromatic heterocycles. The van der Waals surface area contributed by atoms with Crippen molar-refractivity contribution in [2.45, 2.75) is 12.8 Å². The van der Waals surface area contributed by atoms with E-state index < -0.39 is 17.8 Å². The van der Waals surface area contributed by atoms with Crippen molar-refractivity contribution < 1.29 is 14.7 Å². The topological polar surface area (TPSA) is 69.6 Å². The first-order valence-electron chi connectivity index (χ1n) is 7.14. The molecule has 2 atom stereocenters. The molecule has 0 spiro atoms. The van der Waals surface area contributed by atoms with Crippen molar-refractivity contribution >= 4 is 23.6 Å². The van der Waals surface area contributed by atoms with Gasteiger partial charge in [-0.05, 0) is 12.8 Å². The summed E-state index contributed by atoms with van der Waals surface area (Å²) < 4.78 is 0. The van der Waals surface area contributed by atoms with E-state index in [2.05, 4.69) is 10.2 Å². The van der Waals surface area contributed by atoms with E-state index in [4.69, 9.17) is 5.11 Å². The normalized spacial score (nSPS) is 27.2. The highest BCUT2D eigenvalue weighted by Gasteiger charge is 2.33. The lowest BCUT2D eigenvalue weighted by Crippen LogP contribution is -2.43. The van der Waals surface area contributed by atoms with Gasteiger partial charge in [0.1, 0.15) is 0 Å². The lowest BCUT2D eigenvalue weighted by molar-refractivity contribution is -0.147. The number of nitrogens with zero attached hydrogens (tertiary/aromatic N) is 1. The standard InChI is InChI=1S/C14H22N2O3S/c17-13(11-3-1-2-4-12(11)14(18)19)15-5-6-16-7-9-20-10-8-16/h1-2,11-12H,3-10H2,(H,15,17)(H,18,19). The third-order valence-electron chi connectivity index (χ3n) is 3.92. The predicted molar refractivity (Wildman–Crippen MR) is 79.8 cm³/mol. The van der Waals surface area contributed by atoms with Crippen LogP contribution >= 0.6 is 11.8 Å². The molecule has 5 nitrogen and oxygen atoms in total. The molecular formula is C14H22N2O3S. The first-order valence-corrected chi connectivity index (χ1v) is 8.29. The van der Waals surface area contributed by atoms with E-state index >= 15 is 0 Å². The van der Waals surface area contributed by atoms with Crippen LogP contribution in [0.4, 0.5) is 0 Å². The zero-order valence-electron chi connectivity index (χ0n) is 11.6. The molecule has 0 bridgehead atoms. The van der Waals surface area contributed by atoms with Crippen molar-refractivity contribution in [1.82, 2.24) is 10.2 Å². The third kappa shape index (κ3) is 4.24. The second kappa shape index (κ2) is 7.69. The third-order valence-corrected chi connectivity index (χ3v) is 4.86. The first kappa shape index (κ1) is 15.4. The highest BCUT2D eigenvalue weighted by atomic mass is 32.2. The number of amides is 1. The van der Waals surface area contributed by atoms with Gasteiger partial charge in [0.05, 0.1) is 11.8 Å². The van der Waals surface area contributed by atoms with E-state index in [0.717, 1.165) is 31.1 Å². The molecule has 2 rings (SSSR count). The Hall–Kier alpha value is -1.01. The van der Waals surface area contributed by atoms with Crippen molar-refractivity contribution in [1.29, 1.82) is 0 Å². The monoisotopic (exact) mass is 298 g/mol. The number of hydrogen-bond donors (Lipinski definition) is 2. The van der Waals surface area contributed by atoms with E-state index in [1.165, 1.54) is 0 Å². The van der Waals surface area contributed by atoms with Gasteiger partial charge in [-0.1, -0.05) is 12.2 Å². The number of carboxylic acid groups (broad SMARTS) is 1. The molecule has 2 aliphatic rings. The molecule has 1 fully saturated rings. The Kier molecular flexibility index (Phi) is 5.91. The second-order valence-corrected chi connectivity index (χ2v) is 6.46. The van der Waals surface area contributed by atoms with Gasteiger partial charge in [0.2, 0.25) is 5.91 Å². The molecular weight excluding hydrogens is 276 g/mol. The largest absolute Gasteiger partial charge is 0.481 e. The number of thioether (sulfide) groups is 1. The number of carboxylic acids is 1. The molecule has 20 heavy (non-hydrogen) atoms. The van der Waals surface area contributed by atoms with Crippen LogP contribution in [-0.4, -0.2) is 59.6 Å². The Morgan fingerprint density at radius 3 is 2.50 bits per heavy atom. The maximum atomic E-state index is 12.1. The average Bonchev–Trinajstić information content (AvgIpc) is 2.48. The van der Waals surface area contributed by atoms with Gasteiger partial charge in [-0.3, -0.25) is 14.5 Å². The summed E-state index contributed by atoms with van der Waals surface area (Å²) in [6.45, 7) is 3.61. The summed E-state index contributed by atoms with van der Waals surface area (Å²) in [7, 11) is 0. The molecule has 6 heteroatoms. The van der Waals surface area contributed by atoms with Crippen LogP contribution in [0.1, 0.15) is 12.8 Å². The number of nitrogens with one attached hydrogen (secondary N) is 1. The summed E-state index contributed by atoms with van der Waals surface area (Å²) >= 11 is 1.96. The minimum atomic E-state index is -0.873. The van der Waals surface area contributed by atoms with Crippen LogP contribution in [0.2, 0.25) is 0 Å². The van der Waals surface area contributed by atoms with Crippen molar-refractivity contribution in [3.63, 3.8) is 0 Å². The van der Waals surface area contributed by atoms with Gasteiger partial charge in [0.15, 0.2) is 0 Å². The molecule has 1 aliphatic carbocycles. The fourth-order valence-corrected chi connectivity index (χ4v) is 3.65. The van der Waals surface area contributed by atoms with Gasteiger partial charge in [0.25, 0.3) is 0 Å². The molecule has 112 valence electrons. The van der Waals surface area contributed by atoms with Crippen LogP contribution in [0.5, 0.6) is 0 Å². The molecule has 1 heterocycles. The zero-order chi connectivity index (χ0) is 14.4. The Balaban J connectivity index is 1.75. The molecule has 0 saturated carbocycles. The Morgan fingerprint density at radius 1 is 1.20 bits per heavy atom. The van der Waals surface area contributed by atoms with Crippen LogP contribution < -0.4 is 5.32 Å². The summed E-state index contributed by atoms with van der Waals surface area (Å²) in [5.41, 5.74) is 0. The Morgan fingerprint density at radius 2 is 1.85 bits per heavy atom. The van der Waals surface area contributed by atoms with Crippen LogP contribution in [-0.2, 0) is 9.59 Å². The molecule has 1 saturated heterocycles. The van der Waals surface area contributed by atoms with Gasteiger partial charge in [-0.2, -0.15) is 11.8 Å². The van der Waals surface area contributed by atoms with Crippen LogP contribution in [0, 0.1) is 11.8 Å². The van der Waals surface area contributed by atoms with Crippen molar-refractivity contribution in [3.8, 4) is 0 Å². The molecule has 0 aromatic carbocycles. The van der Waals surface area contributed by atoms with Crippen LogP contribution in [0.25, 0.3) is 0 Å². The minimum Gasteiger partial charge on any atom is -0.481 e. The van der Waals surface area contributed by atoms with Crippen molar-refractivity contribution in [3.05, 3.63) is 12.2 Å².